The van der Waals surface area contributed by atoms with E-state index in [1.165, 1.54) is 14.2 Å². The van der Waals surface area contributed by atoms with Gasteiger partial charge >= 0.3 is 0 Å². The topological polar surface area (TPSA) is 74.2 Å². The van der Waals surface area contributed by atoms with E-state index < -0.39 is 0 Å². The summed E-state index contributed by atoms with van der Waals surface area (Å²) < 4.78 is 10.4. The third-order valence-corrected chi connectivity index (χ3v) is 5.53. The number of ketones is 1. The summed E-state index contributed by atoms with van der Waals surface area (Å²) in [6.07, 6.45) is 2.22. The fourth-order valence-electron chi connectivity index (χ4n) is 3.25. The lowest BCUT2D eigenvalue weighted by atomic mass is 9.94. The highest BCUT2D eigenvalue weighted by Gasteiger charge is 2.20. The van der Waals surface area contributed by atoms with Crippen LogP contribution in [-0.2, 0) is 17.6 Å². The molecule has 0 aromatic carbocycles. The summed E-state index contributed by atoms with van der Waals surface area (Å²) in [6, 6.07) is 1.67. The Bertz CT molecular complexity index is 1030. The number of carbonyl (C=O) groups excluding carboxylic acids is 1. The Labute approximate surface area is 172 Å². The third kappa shape index (κ3) is 4.10. The molecule has 3 rings (SSSR count). The number of hydrogen-bond acceptors (Lipinski definition) is 7. The Balaban J connectivity index is 1.90. The van der Waals surface area contributed by atoms with E-state index in [1.807, 2.05) is 6.92 Å². The minimum absolute atomic E-state index is 0.0244. The van der Waals surface area contributed by atoms with E-state index in [2.05, 4.69) is 28.8 Å². The average Bonchev–Trinajstić information content (AvgIpc) is 3.01. The zero-order chi connectivity index (χ0) is 20.4. The highest BCUT2D eigenvalue weighted by Crippen LogP contribution is 2.32. The van der Waals surface area contributed by atoms with Crippen LogP contribution in [0.1, 0.15) is 41.5 Å². The second kappa shape index (κ2) is 8.41. The monoisotopic (exact) mass is 419 g/mol. The van der Waals surface area contributed by atoms with Crippen molar-refractivity contribution in [2.24, 2.45) is 0 Å². The Morgan fingerprint density at radius 3 is 2.46 bits per heavy atom. The SMILES string of the molecule is COc1nc(OC)c(CC(=O)Cc2cnc3sc(C)nc3c2C(C)C)cc1Cl. The second-order valence-electron chi connectivity index (χ2n) is 6.78. The first-order chi connectivity index (χ1) is 13.3. The number of hydrogen-bond donors (Lipinski definition) is 0. The molecule has 0 atom stereocenters. The van der Waals surface area contributed by atoms with E-state index in [0.29, 0.717) is 16.5 Å². The molecule has 0 unspecified atom stereocenters. The van der Waals surface area contributed by atoms with Crippen molar-refractivity contribution in [1.29, 1.82) is 0 Å². The zero-order valence-electron chi connectivity index (χ0n) is 16.5. The molecule has 0 N–H and O–H groups in total. The van der Waals surface area contributed by atoms with Crippen LogP contribution in [0.2, 0.25) is 5.02 Å². The number of nitrogens with zero attached hydrogens (tertiary/aromatic N) is 3. The number of aromatic nitrogens is 3. The summed E-state index contributed by atoms with van der Waals surface area (Å²) in [5, 5.41) is 1.31. The van der Waals surface area contributed by atoms with Crippen molar-refractivity contribution >= 4 is 39.1 Å². The largest absolute Gasteiger partial charge is 0.481 e. The summed E-state index contributed by atoms with van der Waals surface area (Å²) in [5.41, 5.74) is 3.52. The maximum absolute atomic E-state index is 12.8. The van der Waals surface area contributed by atoms with Crippen molar-refractivity contribution in [3.63, 3.8) is 0 Å². The fraction of sp³-hybridized carbons (Fsp3) is 0.400. The van der Waals surface area contributed by atoms with Gasteiger partial charge in [0.2, 0.25) is 11.8 Å². The van der Waals surface area contributed by atoms with Crippen LogP contribution in [0.4, 0.5) is 0 Å². The van der Waals surface area contributed by atoms with E-state index in [0.717, 1.165) is 26.5 Å². The van der Waals surface area contributed by atoms with Crippen LogP contribution < -0.4 is 9.47 Å². The van der Waals surface area contributed by atoms with Crippen LogP contribution in [0.5, 0.6) is 11.8 Å². The molecule has 28 heavy (non-hydrogen) atoms. The first-order valence-corrected chi connectivity index (χ1v) is 10.1. The first kappa shape index (κ1) is 20.5. The number of halogens is 1. The molecule has 0 fully saturated rings. The van der Waals surface area contributed by atoms with Gasteiger partial charge in [0.1, 0.15) is 21.2 Å². The highest BCUT2D eigenvalue weighted by atomic mass is 35.5. The summed E-state index contributed by atoms with van der Waals surface area (Å²) in [6.45, 7) is 6.18. The lowest BCUT2D eigenvalue weighted by Gasteiger charge is -2.13. The molecule has 0 aliphatic rings. The molecule has 0 bridgehead atoms. The van der Waals surface area contributed by atoms with Gasteiger partial charge in [-0.2, -0.15) is 4.98 Å². The predicted octanol–water partition coefficient (Wildman–Crippen LogP) is 4.54. The van der Waals surface area contributed by atoms with Gasteiger partial charge in [-0.25, -0.2) is 9.97 Å². The molecule has 0 saturated carbocycles. The number of Topliss-reactive ketones (excluding diaryl/α,β-unsaturated/α-hetero) is 1. The van der Waals surface area contributed by atoms with E-state index in [1.54, 1.807) is 23.6 Å². The van der Waals surface area contributed by atoms with Crippen LogP contribution in [0, 0.1) is 6.92 Å². The Morgan fingerprint density at radius 2 is 1.82 bits per heavy atom. The quantitative estimate of drug-likeness (QED) is 0.559. The molecule has 0 aliphatic carbocycles. The minimum atomic E-state index is 0.0244. The van der Waals surface area contributed by atoms with Crippen molar-refractivity contribution in [2.75, 3.05) is 14.2 Å². The Kier molecular flexibility index (Phi) is 6.15. The number of pyridine rings is 2. The van der Waals surface area contributed by atoms with Crippen molar-refractivity contribution in [2.45, 2.75) is 39.5 Å². The Morgan fingerprint density at radius 1 is 1.14 bits per heavy atom. The summed E-state index contributed by atoms with van der Waals surface area (Å²) >= 11 is 7.73. The molecule has 148 valence electrons. The fourth-order valence-corrected chi connectivity index (χ4v) is 4.28. The molecule has 0 radical (unpaired) electrons. The molecule has 0 spiro atoms. The number of carbonyl (C=O) groups is 1. The molecule has 3 aromatic heterocycles. The van der Waals surface area contributed by atoms with E-state index >= 15 is 0 Å². The average molecular weight is 420 g/mol. The van der Waals surface area contributed by atoms with Crippen LogP contribution in [0.25, 0.3) is 10.3 Å². The lowest BCUT2D eigenvalue weighted by Crippen LogP contribution is -2.11. The van der Waals surface area contributed by atoms with Crippen molar-refractivity contribution in [3.8, 4) is 11.8 Å². The third-order valence-electron chi connectivity index (χ3n) is 4.38. The van der Waals surface area contributed by atoms with Gasteiger partial charge < -0.3 is 9.47 Å². The second-order valence-corrected chi connectivity index (χ2v) is 8.37. The normalized spacial score (nSPS) is 11.2. The van der Waals surface area contributed by atoms with E-state index in [-0.39, 0.29) is 30.4 Å². The van der Waals surface area contributed by atoms with Crippen molar-refractivity contribution in [1.82, 2.24) is 15.0 Å². The van der Waals surface area contributed by atoms with Crippen molar-refractivity contribution in [3.05, 3.63) is 39.0 Å². The molecular formula is C20H22ClN3O3S. The lowest BCUT2D eigenvalue weighted by molar-refractivity contribution is -0.117. The molecule has 8 heteroatoms. The van der Waals surface area contributed by atoms with Gasteiger partial charge in [0.25, 0.3) is 0 Å². The van der Waals surface area contributed by atoms with E-state index in [9.17, 15) is 4.79 Å². The molecule has 3 heterocycles. The van der Waals surface area contributed by atoms with Gasteiger partial charge in [0.15, 0.2) is 0 Å². The predicted molar refractivity (Wildman–Crippen MR) is 111 cm³/mol. The van der Waals surface area contributed by atoms with Crippen molar-refractivity contribution < 1.29 is 14.3 Å². The standard InChI is InChI=1S/C20H22ClN3O3S/c1-10(2)16-13(9-22-20-17(16)23-11(3)28-20)7-14(25)6-12-8-15(21)19(27-5)24-18(12)26-4/h8-10H,6-7H2,1-5H3. The van der Waals surface area contributed by atoms with E-state index in [4.69, 9.17) is 21.1 Å². The highest BCUT2D eigenvalue weighted by molar-refractivity contribution is 7.18. The van der Waals surface area contributed by atoms with Gasteiger partial charge in [0, 0.05) is 24.6 Å². The zero-order valence-corrected chi connectivity index (χ0v) is 18.1. The summed E-state index contributed by atoms with van der Waals surface area (Å²) in [4.78, 5) is 27.1. The maximum Gasteiger partial charge on any atom is 0.235 e. The van der Waals surface area contributed by atoms with Crippen LogP contribution in [-0.4, -0.2) is 35.0 Å². The smallest absolute Gasteiger partial charge is 0.235 e. The number of fused-ring (bicyclic) bond motifs is 1. The number of thiazole rings is 1. The first-order valence-electron chi connectivity index (χ1n) is 8.88. The van der Waals surface area contributed by atoms with Gasteiger partial charge in [-0.15, -0.1) is 0 Å². The van der Waals surface area contributed by atoms with Gasteiger partial charge in [-0.05, 0) is 30.0 Å². The van der Waals surface area contributed by atoms with Gasteiger partial charge in [-0.3, -0.25) is 4.79 Å². The van der Waals surface area contributed by atoms with Gasteiger partial charge in [0.05, 0.1) is 19.2 Å². The number of methoxy groups -OCH3 is 2. The Hall–Kier alpha value is -2.25. The molecule has 0 saturated heterocycles. The summed E-state index contributed by atoms with van der Waals surface area (Å²) in [7, 11) is 2.98. The van der Waals surface area contributed by atoms with Crippen LogP contribution in [0.3, 0.4) is 0 Å². The maximum atomic E-state index is 12.8. The number of aryl methyl sites for hydroxylation is 1. The van der Waals surface area contributed by atoms with Gasteiger partial charge in [-0.1, -0.05) is 36.8 Å². The number of ether oxygens (including phenoxy) is 2. The van der Waals surface area contributed by atoms with Crippen LogP contribution in [0.15, 0.2) is 12.3 Å². The summed E-state index contributed by atoms with van der Waals surface area (Å²) in [5.74, 6) is 0.866. The van der Waals surface area contributed by atoms with Crippen LogP contribution >= 0.6 is 22.9 Å². The molecule has 3 aromatic rings. The molecular weight excluding hydrogens is 398 g/mol. The minimum Gasteiger partial charge on any atom is -0.481 e. The molecule has 0 aliphatic heterocycles. The molecule has 6 nitrogen and oxygen atoms in total. The number of rotatable bonds is 7. The molecule has 0 amide bonds.